The average molecular weight is 313 g/mol. The lowest BCUT2D eigenvalue weighted by molar-refractivity contribution is 0.424. The van der Waals surface area contributed by atoms with Crippen LogP contribution in [0.1, 0.15) is 0 Å². The van der Waals surface area contributed by atoms with Crippen LogP contribution in [0.2, 0.25) is 0 Å². The summed E-state index contributed by atoms with van der Waals surface area (Å²) in [5.74, 6) is 1.43. The minimum Gasteiger partial charge on any atom is -0.411 e. The van der Waals surface area contributed by atoms with E-state index in [-0.39, 0.29) is 0 Å². The monoisotopic (exact) mass is 312 g/mol. The summed E-state index contributed by atoms with van der Waals surface area (Å²) >= 11 is 4.92. The molecule has 1 aromatic carbocycles. The molecular weight excluding hydrogens is 304 g/mol. The highest BCUT2D eigenvalue weighted by molar-refractivity contribution is 9.10. The number of epoxide rings is 1. The Morgan fingerprint density at radius 2 is 2.06 bits per heavy atom. The molecule has 0 spiro atoms. The molecule has 0 N–H and O–H groups in total. The largest absolute Gasteiger partial charge is 0.411 e. The van der Waals surface area contributed by atoms with Crippen LogP contribution in [0.3, 0.4) is 0 Å². The molecule has 1 aliphatic heterocycles. The van der Waals surface area contributed by atoms with Crippen molar-refractivity contribution in [2.24, 2.45) is 0 Å². The number of thioether (sulfide) groups is 1. The van der Waals surface area contributed by atoms with E-state index in [2.05, 4.69) is 26.1 Å². The van der Waals surface area contributed by atoms with Crippen LogP contribution in [0.4, 0.5) is 0 Å². The third-order valence-corrected chi connectivity index (χ3v) is 3.77. The molecule has 1 aliphatic rings. The van der Waals surface area contributed by atoms with Gasteiger partial charge in [-0.3, -0.25) is 0 Å². The molecule has 0 bridgehead atoms. The number of nitrogens with zero attached hydrogens (tertiary/aromatic N) is 2. The number of ether oxygens (including phenoxy) is 1. The number of benzene rings is 1. The molecule has 0 radical (unpaired) electrons. The Morgan fingerprint density at radius 3 is 2.76 bits per heavy atom. The lowest BCUT2D eigenvalue weighted by atomic mass is 10.2. The van der Waals surface area contributed by atoms with Gasteiger partial charge in [-0.15, -0.1) is 10.2 Å². The van der Waals surface area contributed by atoms with Crippen molar-refractivity contribution in [3.63, 3.8) is 0 Å². The van der Waals surface area contributed by atoms with E-state index in [1.807, 2.05) is 24.3 Å². The topological polar surface area (TPSA) is 51.5 Å². The Bertz CT molecular complexity index is 510. The van der Waals surface area contributed by atoms with Gasteiger partial charge in [0.15, 0.2) is 0 Å². The highest BCUT2D eigenvalue weighted by Gasteiger charge is 2.23. The highest BCUT2D eigenvalue weighted by Crippen LogP contribution is 2.26. The first-order valence-corrected chi connectivity index (χ1v) is 6.93. The fourth-order valence-electron chi connectivity index (χ4n) is 1.31. The van der Waals surface area contributed by atoms with Crippen molar-refractivity contribution in [3.05, 3.63) is 28.7 Å². The van der Waals surface area contributed by atoms with Gasteiger partial charge in [0.25, 0.3) is 5.22 Å². The zero-order valence-corrected chi connectivity index (χ0v) is 11.2. The van der Waals surface area contributed by atoms with E-state index in [1.54, 1.807) is 0 Å². The third kappa shape index (κ3) is 2.88. The lowest BCUT2D eigenvalue weighted by Gasteiger charge is -1.94. The molecule has 2 heterocycles. The first-order chi connectivity index (χ1) is 8.31. The van der Waals surface area contributed by atoms with Crippen LogP contribution in [-0.4, -0.2) is 28.7 Å². The lowest BCUT2D eigenvalue weighted by Crippen LogP contribution is -1.87. The van der Waals surface area contributed by atoms with Crippen LogP contribution in [0.5, 0.6) is 0 Å². The van der Waals surface area contributed by atoms with E-state index < -0.39 is 0 Å². The summed E-state index contributed by atoms with van der Waals surface area (Å²) in [7, 11) is 0. The average Bonchev–Trinajstić information content (AvgIpc) is 3.06. The van der Waals surface area contributed by atoms with Crippen LogP contribution in [0.15, 0.2) is 38.4 Å². The predicted molar refractivity (Wildman–Crippen MR) is 67.9 cm³/mol. The summed E-state index contributed by atoms with van der Waals surface area (Å²) in [5.41, 5.74) is 0.926. The molecule has 4 nitrogen and oxygen atoms in total. The second kappa shape index (κ2) is 4.80. The summed E-state index contributed by atoms with van der Waals surface area (Å²) < 4.78 is 11.7. The van der Waals surface area contributed by atoms with Gasteiger partial charge in [-0.2, -0.15) is 0 Å². The van der Waals surface area contributed by atoms with Crippen molar-refractivity contribution in [1.82, 2.24) is 10.2 Å². The molecule has 1 fully saturated rings. The van der Waals surface area contributed by atoms with Crippen molar-refractivity contribution < 1.29 is 9.15 Å². The fraction of sp³-hybridized carbons (Fsp3) is 0.273. The first kappa shape index (κ1) is 11.3. The van der Waals surface area contributed by atoms with E-state index in [4.69, 9.17) is 9.15 Å². The summed E-state index contributed by atoms with van der Waals surface area (Å²) in [5, 5.41) is 8.61. The van der Waals surface area contributed by atoms with Gasteiger partial charge < -0.3 is 9.15 Å². The summed E-state index contributed by atoms with van der Waals surface area (Å²) in [4.78, 5) is 0. The summed E-state index contributed by atoms with van der Waals surface area (Å²) in [6, 6.07) is 7.78. The molecule has 0 saturated carbocycles. The Labute approximate surface area is 111 Å². The van der Waals surface area contributed by atoms with Gasteiger partial charge in [0.05, 0.1) is 12.7 Å². The fourth-order valence-corrected chi connectivity index (χ4v) is 2.33. The van der Waals surface area contributed by atoms with Crippen LogP contribution >= 0.6 is 27.7 Å². The molecule has 2 aromatic rings. The molecule has 0 aliphatic carbocycles. The van der Waals surface area contributed by atoms with Gasteiger partial charge in [-0.1, -0.05) is 27.7 Å². The van der Waals surface area contributed by atoms with Gasteiger partial charge in [0.1, 0.15) is 0 Å². The standard InChI is InChI=1S/C11H9BrN2O2S/c12-8-3-1-7(2-4-8)10-13-14-11(16-10)17-6-9-5-15-9/h1-4,9H,5-6H2. The quantitative estimate of drug-likeness (QED) is 0.641. The highest BCUT2D eigenvalue weighted by atomic mass is 79.9. The van der Waals surface area contributed by atoms with Crippen molar-refractivity contribution in [1.29, 1.82) is 0 Å². The predicted octanol–water partition coefficient (Wildman–Crippen LogP) is 2.99. The third-order valence-electron chi connectivity index (χ3n) is 2.29. The molecule has 17 heavy (non-hydrogen) atoms. The van der Waals surface area contributed by atoms with Crippen LogP contribution in [0.25, 0.3) is 11.5 Å². The number of aromatic nitrogens is 2. The van der Waals surface area contributed by atoms with Crippen LogP contribution < -0.4 is 0 Å². The van der Waals surface area contributed by atoms with Crippen molar-refractivity contribution in [3.8, 4) is 11.5 Å². The molecule has 88 valence electrons. The van der Waals surface area contributed by atoms with Gasteiger partial charge in [0.2, 0.25) is 5.89 Å². The van der Waals surface area contributed by atoms with Gasteiger partial charge >= 0.3 is 0 Å². The minimum absolute atomic E-state index is 0.364. The van der Waals surface area contributed by atoms with Crippen molar-refractivity contribution >= 4 is 27.7 Å². The summed E-state index contributed by atoms with van der Waals surface area (Å²) in [6.45, 7) is 0.848. The van der Waals surface area contributed by atoms with Crippen LogP contribution in [0, 0.1) is 0 Å². The first-order valence-electron chi connectivity index (χ1n) is 5.15. The Hall–Kier alpha value is -0.850. The Morgan fingerprint density at radius 1 is 1.29 bits per heavy atom. The number of rotatable bonds is 4. The Balaban J connectivity index is 1.72. The molecule has 1 unspecified atom stereocenters. The second-order valence-corrected chi connectivity index (χ2v) is 5.53. The van der Waals surface area contributed by atoms with E-state index >= 15 is 0 Å². The van der Waals surface area contributed by atoms with E-state index in [0.29, 0.717) is 17.2 Å². The normalized spacial score (nSPS) is 18.3. The second-order valence-electron chi connectivity index (χ2n) is 3.65. The smallest absolute Gasteiger partial charge is 0.276 e. The van der Waals surface area contributed by atoms with Crippen molar-refractivity contribution in [2.75, 3.05) is 12.4 Å². The molecule has 1 aromatic heterocycles. The molecule has 1 saturated heterocycles. The van der Waals surface area contributed by atoms with Gasteiger partial charge in [0, 0.05) is 15.8 Å². The molecule has 0 amide bonds. The minimum atomic E-state index is 0.364. The van der Waals surface area contributed by atoms with E-state index in [9.17, 15) is 0 Å². The maximum Gasteiger partial charge on any atom is 0.276 e. The summed E-state index contributed by atoms with van der Waals surface area (Å²) in [6.07, 6.45) is 0.364. The number of halogens is 1. The maximum absolute atomic E-state index is 5.56. The molecule has 1 atom stereocenters. The van der Waals surface area contributed by atoms with Gasteiger partial charge in [-0.05, 0) is 24.3 Å². The number of hydrogen-bond donors (Lipinski definition) is 0. The van der Waals surface area contributed by atoms with Crippen molar-refractivity contribution in [2.45, 2.75) is 11.3 Å². The zero-order valence-electron chi connectivity index (χ0n) is 8.80. The maximum atomic E-state index is 5.56. The van der Waals surface area contributed by atoms with Crippen LogP contribution in [-0.2, 0) is 4.74 Å². The van der Waals surface area contributed by atoms with Gasteiger partial charge in [-0.25, -0.2) is 0 Å². The van der Waals surface area contributed by atoms with E-state index in [1.165, 1.54) is 11.8 Å². The SMILES string of the molecule is Brc1ccc(-c2nnc(SCC3CO3)o2)cc1. The molecular formula is C11H9BrN2O2S. The molecule has 6 heteroatoms. The Kier molecular flexibility index (Phi) is 3.17. The number of hydrogen-bond acceptors (Lipinski definition) is 5. The molecule has 3 rings (SSSR count). The zero-order chi connectivity index (χ0) is 11.7. The van der Waals surface area contributed by atoms with E-state index in [0.717, 1.165) is 22.4 Å².